The number of anilines is 1. The summed E-state index contributed by atoms with van der Waals surface area (Å²) in [5, 5.41) is 5.40. The number of nitrogens with one attached hydrogen (secondary N) is 2. The van der Waals surface area contributed by atoms with Gasteiger partial charge in [0.15, 0.2) is 17.2 Å². The average Bonchev–Trinajstić information content (AvgIpc) is 3.28. The van der Waals surface area contributed by atoms with Crippen molar-refractivity contribution in [2.75, 3.05) is 18.4 Å². The van der Waals surface area contributed by atoms with E-state index in [0.29, 0.717) is 35.0 Å². The zero-order valence-electron chi connectivity index (χ0n) is 21.6. The topological polar surface area (TPSA) is 76.9 Å². The highest BCUT2D eigenvalue weighted by atomic mass is 19.4. The molecule has 0 atom stereocenters. The van der Waals surface area contributed by atoms with E-state index in [4.69, 9.17) is 4.74 Å². The van der Waals surface area contributed by atoms with Gasteiger partial charge < -0.3 is 20.1 Å². The molecule has 2 heterocycles. The van der Waals surface area contributed by atoms with Gasteiger partial charge in [-0.05, 0) is 43.7 Å². The summed E-state index contributed by atoms with van der Waals surface area (Å²) in [6.07, 6.45) is -7.72. The SMILES string of the molecule is CCNC(=O)c1ccc(-c2cnc3c(NCCC(F)(F)F)cc(Oc4ccc(OC(F)(F)F)c(F)c4)cn23)cc1C. The van der Waals surface area contributed by atoms with Crippen molar-refractivity contribution in [3.05, 3.63) is 71.8 Å². The van der Waals surface area contributed by atoms with Gasteiger partial charge in [-0.2, -0.15) is 13.2 Å². The second kappa shape index (κ2) is 11.6. The monoisotopic (exact) mass is 584 g/mol. The van der Waals surface area contributed by atoms with Crippen molar-refractivity contribution in [2.24, 2.45) is 0 Å². The maximum absolute atomic E-state index is 14.2. The van der Waals surface area contributed by atoms with Gasteiger partial charge in [0, 0.05) is 36.3 Å². The number of aryl methyl sites for hydroxylation is 1. The first-order valence-electron chi connectivity index (χ1n) is 12.2. The Morgan fingerprint density at radius 2 is 1.78 bits per heavy atom. The summed E-state index contributed by atoms with van der Waals surface area (Å²) >= 11 is 0. The van der Waals surface area contributed by atoms with Crippen LogP contribution in [0, 0.1) is 12.7 Å². The molecule has 0 aliphatic heterocycles. The van der Waals surface area contributed by atoms with Crippen LogP contribution in [0.2, 0.25) is 0 Å². The fourth-order valence-electron chi connectivity index (χ4n) is 4.02. The molecule has 0 unspecified atom stereocenters. The van der Waals surface area contributed by atoms with Crippen molar-refractivity contribution >= 4 is 17.2 Å². The van der Waals surface area contributed by atoms with E-state index in [1.807, 2.05) is 0 Å². The number of ether oxygens (including phenoxy) is 2. The normalized spacial score (nSPS) is 11.9. The largest absolute Gasteiger partial charge is 0.573 e. The van der Waals surface area contributed by atoms with Crippen LogP contribution in [0.4, 0.5) is 36.4 Å². The number of alkyl halides is 6. The number of aromatic nitrogens is 2. The number of benzene rings is 2. The fraction of sp³-hybridized carbons (Fsp3) is 0.259. The molecule has 0 spiro atoms. The number of carbonyl (C=O) groups excluding carboxylic acids is 1. The molecule has 0 fully saturated rings. The van der Waals surface area contributed by atoms with Gasteiger partial charge in [-0.1, -0.05) is 6.07 Å². The van der Waals surface area contributed by atoms with Crippen LogP contribution in [0.3, 0.4) is 0 Å². The van der Waals surface area contributed by atoms with Crippen molar-refractivity contribution in [3.63, 3.8) is 0 Å². The molecule has 0 saturated carbocycles. The van der Waals surface area contributed by atoms with Crippen LogP contribution in [0.25, 0.3) is 16.9 Å². The van der Waals surface area contributed by atoms with E-state index in [-0.39, 0.29) is 28.7 Å². The zero-order chi connectivity index (χ0) is 29.9. The predicted octanol–water partition coefficient (Wildman–Crippen LogP) is 7.25. The third-order valence-corrected chi connectivity index (χ3v) is 5.77. The van der Waals surface area contributed by atoms with E-state index < -0.39 is 37.1 Å². The molecule has 0 saturated heterocycles. The van der Waals surface area contributed by atoms with Gasteiger partial charge in [0.25, 0.3) is 5.91 Å². The lowest BCUT2D eigenvalue weighted by Crippen LogP contribution is -2.23. The van der Waals surface area contributed by atoms with Gasteiger partial charge in [0.2, 0.25) is 0 Å². The molecule has 0 radical (unpaired) electrons. The standard InChI is InChI=1S/C27H23F7N4O3/c1-3-35-25(39)19-6-4-16(10-15(19)2)22-13-37-24-21(36-9-8-26(29,30)31)12-18(14-38(22)24)40-17-5-7-23(20(28)11-17)41-27(32,33)34/h4-7,10-14,36H,3,8-9H2,1-2H3,(H,35,39). The molecule has 2 N–H and O–H groups in total. The number of hydrogen-bond acceptors (Lipinski definition) is 5. The highest BCUT2D eigenvalue weighted by molar-refractivity contribution is 5.96. The number of pyridine rings is 1. The maximum Gasteiger partial charge on any atom is 0.573 e. The van der Waals surface area contributed by atoms with E-state index >= 15 is 0 Å². The third kappa shape index (κ3) is 7.38. The van der Waals surface area contributed by atoms with E-state index in [1.165, 1.54) is 22.9 Å². The average molecular weight is 584 g/mol. The van der Waals surface area contributed by atoms with Crippen molar-refractivity contribution in [1.82, 2.24) is 14.7 Å². The molecule has 0 bridgehead atoms. The van der Waals surface area contributed by atoms with E-state index in [0.717, 1.165) is 12.1 Å². The molecule has 4 aromatic rings. The van der Waals surface area contributed by atoms with Crippen molar-refractivity contribution in [2.45, 2.75) is 32.8 Å². The molecule has 1 amide bonds. The van der Waals surface area contributed by atoms with E-state index in [1.54, 1.807) is 32.0 Å². The lowest BCUT2D eigenvalue weighted by atomic mass is 10.0. The highest BCUT2D eigenvalue weighted by Crippen LogP contribution is 2.34. The molecule has 0 aliphatic rings. The van der Waals surface area contributed by atoms with Crippen LogP contribution < -0.4 is 20.1 Å². The maximum atomic E-state index is 14.2. The number of rotatable bonds is 9. The molecule has 7 nitrogen and oxygen atoms in total. The number of imidazole rings is 1. The van der Waals surface area contributed by atoms with Gasteiger partial charge in [0.05, 0.1) is 30.2 Å². The van der Waals surface area contributed by atoms with Gasteiger partial charge in [0.1, 0.15) is 11.5 Å². The Morgan fingerprint density at radius 3 is 2.41 bits per heavy atom. The van der Waals surface area contributed by atoms with E-state index in [2.05, 4.69) is 20.4 Å². The summed E-state index contributed by atoms with van der Waals surface area (Å²) in [5.74, 6) is -2.82. The summed E-state index contributed by atoms with van der Waals surface area (Å²) in [6.45, 7) is 3.50. The molecular weight excluding hydrogens is 561 g/mol. The summed E-state index contributed by atoms with van der Waals surface area (Å²) in [4.78, 5) is 16.6. The Labute approximate surface area is 228 Å². The van der Waals surface area contributed by atoms with Crippen LogP contribution in [-0.4, -0.2) is 40.9 Å². The number of nitrogens with zero attached hydrogens (tertiary/aromatic N) is 2. The lowest BCUT2D eigenvalue weighted by Gasteiger charge is -2.15. The molecule has 0 aliphatic carbocycles. The number of fused-ring (bicyclic) bond motifs is 1. The van der Waals surface area contributed by atoms with Gasteiger partial charge in [-0.3, -0.25) is 9.20 Å². The second-order valence-electron chi connectivity index (χ2n) is 8.85. The Hall–Kier alpha value is -4.49. The number of halogens is 7. The van der Waals surface area contributed by atoms with Crippen LogP contribution in [0.5, 0.6) is 17.2 Å². The summed E-state index contributed by atoms with van der Waals surface area (Å²) < 4.78 is 101. The Morgan fingerprint density at radius 1 is 1.02 bits per heavy atom. The number of hydrogen-bond donors (Lipinski definition) is 2. The predicted molar refractivity (Wildman–Crippen MR) is 136 cm³/mol. The summed E-state index contributed by atoms with van der Waals surface area (Å²) in [7, 11) is 0. The fourth-order valence-corrected chi connectivity index (χ4v) is 4.02. The van der Waals surface area contributed by atoms with Gasteiger partial charge in [-0.25, -0.2) is 9.37 Å². The molecule has 2 aromatic heterocycles. The first-order chi connectivity index (χ1) is 19.2. The minimum atomic E-state index is -5.10. The van der Waals surface area contributed by atoms with Crippen LogP contribution >= 0.6 is 0 Å². The third-order valence-electron chi connectivity index (χ3n) is 5.77. The summed E-state index contributed by atoms with van der Waals surface area (Å²) in [5.41, 5.74) is 2.65. The van der Waals surface area contributed by atoms with Crippen molar-refractivity contribution in [3.8, 4) is 28.5 Å². The van der Waals surface area contributed by atoms with Crippen molar-refractivity contribution < 1.29 is 45.0 Å². The van der Waals surface area contributed by atoms with Crippen molar-refractivity contribution in [1.29, 1.82) is 0 Å². The number of carbonyl (C=O) groups is 1. The smallest absolute Gasteiger partial charge is 0.456 e. The van der Waals surface area contributed by atoms with Crippen LogP contribution in [-0.2, 0) is 0 Å². The molecule has 41 heavy (non-hydrogen) atoms. The highest BCUT2D eigenvalue weighted by Gasteiger charge is 2.32. The Balaban J connectivity index is 1.73. The molecular formula is C27H23F7N4O3. The first kappa shape index (κ1) is 29.5. The molecule has 14 heteroatoms. The molecule has 4 rings (SSSR count). The first-order valence-corrected chi connectivity index (χ1v) is 12.2. The zero-order valence-corrected chi connectivity index (χ0v) is 21.6. The number of amides is 1. The Kier molecular flexibility index (Phi) is 8.31. The van der Waals surface area contributed by atoms with Crippen LogP contribution in [0.15, 0.2) is 54.9 Å². The van der Waals surface area contributed by atoms with Crippen LogP contribution in [0.1, 0.15) is 29.3 Å². The Bertz CT molecular complexity index is 1570. The lowest BCUT2D eigenvalue weighted by molar-refractivity contribution is -0.275. The van der Waals surface area contributed by atoms with Gasteiger partial charge in [-0.15, -0.1) is 13.2 Å². The molecule has 218 valence electrons. The van der Waals surface area contributed by atoms with E-state index in [9.17, 15) is 35.5 Å². The molecule has 2 aromatic carbocycles. The van der Waals surface area contributed by atoms with Gasteiger partial charge >= 0.3 is 12.5 Å². The minimum Gasteiger partial charge on any atom is -0.456 e. The quantitative estimate of drug-likeness (QED) is 0.203. The summed E-state index contributed by atoms with van der Waals surface area (Å²) in [6, 6.07) is 8.85. The minimum absolute atomic E-state index is 0.0193. The second-order valence-corrected chi connectivity index (χ2v) is 8.85.